The van der Waals surface area contributed by atoms with Gasteiger partial charge in [0.25, 0.3) is 0 Å². The van der Waals surface area contributed by atoms with E-state index in [1.807, 2.05) is 26.0 Å². The number of rotatable bonds is 1. The molecule has 1 fully saturated rings. The highest BCUT2D eigenvalue weighted by Crippen LogP contribution is 2.21. The van der Waals surface area contributed by atoms with Crippen LogP contribution in [-0.2, 0) is 0 Å². The van der Waals surface area contributed by atoms with Crippen molar-refractivity contribution in [2.24, 2.45) is 5.73 Å². The number of hydrogen-bond donors (Lipinski definition) is 1. The minimum Gasteiger partial charge on any atom is -0.371 e. The molecule has 1 aliphatic heterocycles. The van der Waals surface area contributed by atoms with Crippen molar-refractivity contribution in [3.63, 3.8) is 0 Å². The lowest BCUT2D eigenvalue weighted by Gasteiger charge is -2.31. The summed E-state index contributed by atoms with van der Waals surface area (Å²) in [6.45, 7) is 6.12. The average Bonchev–Trinajstić information content (AvgIpc) is 2.34. The standard InChI is InChI=1S/C11H15ClN2.C2H6/c12-9-1-3-11(4-2-9)14-7-5-10(13)6-8-14;1-2/h1-4,10H,5-8,13H2;1-2H3. The van der Waals surface area contributed by atoms with Crippen LogP contribution in [0.15, 0.2) is 24.3 Å². The number of nitrogens with zero attached hydrogens (tertiary/aromatic N) is 1. The highest BCUT2D eigenvalue weighted by Gasteiger charge is 2.15. The van der Waals surface area contributed by atoms with Crippen LogP contribution in [0, 0.1) is 0 Å². The Bertz CT molecular complexity index is 289. The van der Waals surface area contributed by atoms with Gasteiger partial charge in [-0.25, -0.2) is 0 Å². The third-order valence-electron chi connectivity index (χ3n) is 2.73. The van der Waals surface area contributed by atoms with Crippen molar-refractivity contribution < 1.29 is 0 Å². The summed E-state index contributed by atoms with van der Waals surface area (Å²) in [7, 11) is 0. The molecule has 0 spiro atoms. The van der Waals surface area contributed by atoms with Gasteiger partial charge in [0.1, 0.15) is 0 Å². The molecule has 0 unspecified atom stereocenters. The van der Waals surface area contributed by atoms with Gasteiger partial charge in [0.15, 0.2) is 0 Å². The molecule has 0 amide bonds. The topological polar surface area (TPSA) is 29.3 Å². The molecule has 0 atom stereocenters. The van der Waals surface area contributed by atoms with Crippen LogP contribution in [0.3, 0.4) is 0 Å². The Balaban J connectivity index is 0.000000606. The van der Waals surface area contributed by atoms with Crippen LogP contribution in [0.5, 0.6) is 0 Å². The fraction of sp³-hybridized carbons (Fsp3) is 0.538. The zero-order chi connectivity index (χ0) is 12.0. The number of hydrogen-bond acceptors (Lipinski definition) is 2. The smallest absolute Gasteiger partial charge is 0.0407 e. The van der Waals surface area contributed by atoms with Crippen molar-refractivity contribution in [1.82, 2.24) is 0 Å². The molecule has 3 heteroatoms. The van der Waals surface area contributed by atoms with E-state index < -0.39 is 0 Å². The van der Waals surface area contributed by atoms with E-state index in [9.17, 15) is 0 Å². The summed E-state index contributed by atoms with van der Waals surface area (Å²) in [6.07, 6.45) is 2.17. The van der Waals surface area contributed by atoms with Crippen LogP contribution >= 0.6 is 11.6 Å². The maximum absolute atomic E-state index is 5.85. The minimum absolute atomic E-state index is 0.388. The Hall–Kier alpha value is -0.730. The van der Waals surface area contributed by atoms with Gasteiger partial charge in [-0.1, -0.05) is 25.4 Å². The minimum atomic E-state index is 0.388. The molecule has 2 rings (SSSR count). The van der Waals surface area contributed by atoms with Gasteiger partial charge in [-0.2, -0.15) is 0 Å². The summed E-state index contributed by atoms with van der Waals surface area (Å²) in [4.78, 5) is 2.36. The molecule has 1 saturated heterocycles. The summed E-state index contributed by atoms with van der Waals surface area (Å²) >= 11 is 5.84. The fourth-order valence-electron chi connectivity index (χ4n) is 1.81. The quantitative estimate of drug-likeness (QED) is 0.816. The molecular formula is C13H21ClN2. The van der Waals surface area contributed by atoms with Gasteiger partial charge in [-0.3, -0.25) is 0 Å². The number of anilines is 1. The molecule has 0 radical (unpaired) electrons. The predicted molar refractivity (Wildman–Crippen MR) is 72.2 cm³/mol. The first-order valence-electron chi connectivity index (χ1n) is 6.02. The van der Waals surface area contributed by atoms with Crippen molar-refractivity contribution >= 4 is 17.3 Å². The van der Waals surface area contributed by atoms with E-state index in [2.05, 4.69) is 17.0 Å². The Labute approximate surface area is 103 Å². The second kappa shape index (κ2) is 6.77. The molecule has 90 valence electrons. The first-order chi connectivity index (χ1) is 7.75. The van der Waals surface area contributed by atoms with E-state index in [1.165, 1.54) is 5.69 Å². The lowest BCUT2D eigenvalue weighted by Crippen LogP contribution is -2.39. The Morgan fingerprint density at radius 1 is 1.12 bits per heavy atom. The fourth-order valence-corrected chi connectivity index (χ4v) is 1.94. The first-order valence-corrected chi connectivity index (χ1v) is 6.39. The molecule has 16 heavy (non-hydrogen) atoms. The van der Waals surface area contributed by atoms with E-state index in [4.69, 9.17) is 17.3 Å². The summed E-state index contributed by atoms with van der Waals surface area (Å²) in [6, 6.07) is 8.40. The van der Waals surface area contributed by atoms with Gasteiger partial charge in [0.2, 0.25) is 0 Å². The zero-order valence-electron chi connectivity index (χ0n) is 10.1. The van der Waals surface area contributed by atoms with E-state index >= 15 is 0 Å². The van der Waals surface area contributed by atoms with Crippen LogP contribution in [0.25, 0.3) is 0 Å². The first kappa shape index (κ1) is 13.3. The Kier molecular flexibility index (Phi) is 5.64. The van der Waals surface area contributed by atoms with Crippen molar-refractivity contribution in [2.45, 2.75) is 32.7 Å². The van der Waals surface area contributed by atoms with E-state index in [-0.39, 0.29) is 0 Å². The van der Waals surface area contributed by atoms with Crippen LogP contribution < -0.4 is 10.6 Å². The third-order valence-corrected chi connectivity index (χ3v) is 2.98. The van der Waals surface area contributed by atoms with Crippen LogP contribution in [-0.4, -0.2) is 19.1 Å². The van der Waals surface area contributed by atoms with Gasteiger partial charge in [-0.05, 0) is 37.1 Å². The molecule has 0 saturated carbocycles. The summed E-state index contributed by atoms with van der Waals surface area (Å²) in [5, 5.41) is 0.794. The molecule has 2 N–H and O–H groups in total. The second-order valence-electron chi connectivity index (χ2n) is 3.80. The molecular weight excluding hydrogens is 220 g/mol. The largest absolute Gasteiger partial charge is 0.371 e. The van der Waals surface area contributed by atoms with Gasteiger partial charge in [0, 0.05) is 29.8 Å². The number of nitrogens with two attached hydrogens (primary N) is 1. The Morgan fingerprint density at radius 2 is 1.62 bits per heavy atom. The summed E-state index contributed by atoms with van der Waals surface area (Å²) < 4.78 is 0. The van der Waals surface area contributed by atoms with Gasteiger partial charge in [-0.15, -0.1) is 0 Å². The monoisotopic (exact) mass is 240 g/mol. The van der Waals surface area contributed by atoms with Crippen molar-refractivity contribution in [1.29, 1.82) is 0 Å². The van der Waals surface area contributed by atoms with Crippen molar-refractivity contribution in [3.05, 3.63) is 29.3 Å². The van der Waals surface area contributed by atoms with Crippen LogP contribution in [0.2, 0.25) is 5.02 Å². The number of halogens is 1. The number of piperidine rings is 1. The zero-order valence-corrected chi connectivity index (χ0v) is 10.9. The molecule has 0 aromatic heterocycles. The molecule has 2 nitrogen and oxygen atoms in total. The summed E-state index contributed by atoms with van der Waals surface area (Å²) in [5.74, 6) is 0. The van der Waals surface area contributed by atoms with E-state index in [0.29, 0.717) is 6.04 Å². The van der Waals surface area contributed by atoms with Gasteiger partial charge >= 0.3 is 0 Å². The average molecular weight is 241 g/mol. The lowest BCUT2D eigenvalue weighted by atomic mass is 10.1. The highest BCUT2D eigenvalue weighted by atomic mass is 35.5. The SMILES string of the molecule is CC.NC1CCN(c2ccc(Cl)cc2)CC1. The molecule has 0 bridgehead atoms. The molecule has 1 aromatic rings. The normalized spacial score (nSPS) is 16.6. The van der Waals surface area contributed by atoms with E-state index in [0.717, 1.165) is 31.0 Å². The Morgan fingerprint density at radius 3 is 2.12 bits per heavy atom. The van der Waals surface area contributed by atoms with Crippen LogP contribution in [0.1, 0.15) is 26.7 Å². The van der Waals surface area contributed by atoms with Gasteiger partial charge in [0.05, 0.1) is 0 Å². The molecule has 0 aliphatic carbocycles. The van der Waals surface area contributed by atoms with Crippen LogP contribution in [0.4, 0.5) is 5.69 Å². The number of benzene rings is 1. The maximum atomic E-state index is 5.85. The van der Waals surface area contributed by atoms with Crippen molar-refractivity contribution in [2.75, 3.05) is 18.0 Å². The summed E-state index contributed by atoms with van der Waals surface area (Å²) in [5.41, 5.74) is 7.10. The van der Waals surface area contributed by atoms with Gasteiger partial charge < -0.3 is 10.6 Å². The molecule has 1 aliphatic rings. The predicted octanol–water partition coefficient (Wildman–Crippen LogP) is 3.29. The molecule has 1 heterocycles. The molecule has 1 aromatic carbocycles. The van der Waals surface area contributed by atoms with Crippen molar-refractivity contribution in [3.8, 4) is 0 Å². The van der Waals surface area contributed by atoms with E-state index in [1.54, 1.807) is 0 Å². The lowest BCUT2D eigenvalue weighted by molar-refractivity contribution is 0.501. The highest BCUT2D eigenvalue weighted by molar-refractivity contribution is 6.30. The third kappa shape index (κ3) is 3.69. The second-order valence-corrected chi connectivity index (χ2v) is 4.24. The maximum Gasteiger partial charge on any atom is 0.0407 e.